The highest BCUT2D eigenvalue weighted by Crippen LogP contribution is 2.25. The first-order chi connectivity index (χ1) is 7.08. The normalized spacial score (nSPS) is 25.2. The quantitative estimate of drug-likeness (QED) is 0.638. The summed E-state index contributed by atoms with van der Waals surface area (Å²) in [5.74, 6) is 0.508. The summed E-state index contributed by atoms with van der Waals surface area (Å²) in [7, 11) is 4.39. The lowest BCUT2D eigenvalue weighted by molar-refractivity contribution is -0.892. The average Bonchev–Trinajstić information content (AvgIpc) is 2.23. The smallest absolute Gasteiger partial charge is 0.151 e. The second-order valence-corrected chi connectivity index (χ2v) is 5.02. The number of quaternary nitrogens is 1. The number of likely N-dealkylation sites (N-methyl/N-ethyl adjacent to an activating group) is 1. The van der Waals surface area contributed by atoms with Gasteiger partial charge in [0.1, 0.15) is 0 Å². The molecule has 0 N–H and O–H groups in total. The number of rotatable bonds is 1. The second-order valence-electron chi connectivity index (χ2n) is 5.02. The minimum Gasteiger partial charge on any atom is -0.327 e. The number of hydrogen-bond acceptors (Lipinski definition) is 1. The Kier molecular flexibility index (Phi) is 2.61. The van der Waals surface area contributed by atoms with E-state index >= 15 is 0 Å². The van der Waals surface area contributed by atoms with E-state index < -0.39 is 0 Å². The van der Waals surface area contributed by atoms with Crippen LogP contribution in [0.4, 0.5) is 0 Å². The Balaban J connectivity index is 2.24. The van der Waals surface area contributed by atoms with Crippen molar-refractivity contribution in [2.75, 3.05) is 27.2 Å². The summed E-state index contributed by atoms with van der Waals surface area (Å²) in [6, 6.07) is 10.1. The van der Waals surface area contributed by atoms with Crippen LogP contribution in [0.5, 0.6) is 0 Å². The number of carbonyl (C=O) groups excluding carboxylic acids is 1. The van der Waals surface area contributed by atoms with Crippen LogP contribution in [-0.2, 0) is 4.79 Å². The minimum absolute atomic E-state index is 0.106. The van der Waals surface area contributed by atoms with Crippen LogP contribution < -0.4 is 0 Å². The van der Waals surface area contributed by atoms with Gasteiger partial charge < -0.3 is 4.48 Å². The number of piperidine rings is 1. The van der Waals surface area contributed by atoms with Crippen LogP contribution >= 0.6 is 0 Å². The molecular formula is C13H18NO+. The molecule has 2 rings (SSSR count). The van der Waals surface area contributed by atoms with E-state index in [1.54, 1.807) is 0 Å². The van der Waals surface area contributed by atoms with Gasteiger partial charge in [0.05, 0.1) is 39.5 Å². The highest BCUT2D eigenvalue weighted by atomic mass is 16.1. The second kappa shape index (κ2) is 3.78. The maximum absolute atomic E-state index is 11.9. The first kappa shape index (κ1) is 10.4. The van der Waals surface area contributed by atoms with Crippen molar-refractivity contribution in [3.05, 3.63) is 35.9 Å². The first-order valence-corrected chi connectivity index (χ1v) is 5.48. The molecule has 0 radical (unpaired) electrons. The van der Waals surface area contributed by atoms with Crippen LogP contribution in [0.25, 0.3) is 0 Å². The Morgan fingerprint density at radius 3 is 2.53 bits per heavy atom. The van der Waals surface area contributed by atoms with E-state index in [2.05, 4.69) is 26.2 Å². The summed E-state index contributed by atoms with van der Waals surface area (Å²) in [4.78, 5) is 11.9. The van der Waals surface area contributed by atoms with Crippen LogP contribution in [-0.4, -0.2) is 37.5 Å². The molecule has 1 aliphatic heterocycles. The molecule has 1 heterocycles. The van der Waals surface area contributed by atoms with Crippen molar-refractivity contribution in [1.82, 2.24) is 0 Å². The number of carbonyl (C=O) groups is 1. The fourth-order valence-corrected chi connectivity index (χ4v) is 2.25. The van der Waals surface area contributed by atoms with E-state index in [-0.39, 0.29) is 5.92 Å². The molecule has 2 heteroatoms. The summed E-state index contributed by atoms with van der Waals surface area (Å²) in [5, 5.41) is 0. The standard InChI is InChI=1S/C13H18NO/c1-14(2)9-8-13(15)12(10-14)11-6-4-3-5-7-11/h3-7,12H,8-10H2,1-2H3/q+1. The van der Waals surface area contributed by atoms with Gasteiger partial charge in [0.15, 0.2) is 5.78 Å². The molecule has 1 saturated heterocycles. The number of ketones is 1. The average molecular weight is 204 g/mol. The van der Waals surface area contributed by atoms with Gasteiger partial charge in [0.2, 0.25) is 0 Å². The lowest BCUT2D eigenvalue weighted by atomic mass is 9.88. The fourth-order valence-electron chi connectivity index (χ4n) is 2.25. The van der Waals surface area contributed by atoms with Crippen molar-refractivity contribution in [3.8, 4) is 0 Å². The summed E-state index contributed by atoms with van der Waals surface area (Å²) >= 11 is 0. The highest BCUT2D eigenvalue weighted by molar-refractivity contribution is 5.86. The van der Waals surface area contributed by atoms with E-state index in [1.807, 2.05) is 18.2 Å². The molecule has 2 nitrogen and oxygen atoms in total. The van der Waals surface area contributed by atoms with Crippen LogP contribution in [0.3, 0.4) is 0 Å². The topological polar surface area (TPSA) is 17.1 Å². The largest absolute Gasteiger partial charge is 0.327 e. The monoisotopic (exact) mass is 204 g/mol. The lowest BCUT2D eigenvalue weighted by Gasteiger charge is -2.37. The predicted octanol–water partition coefficient (Wildman–Crippen LogP) is 1.82. The van der Waals surface area contributed by atoms with Gasteiger partial charge in [0, 0.05) is 0 Å². The molecule has 1 aliphatic rings. The van der Waals surface area contributed by atoms with E-state index in [0.717, 1.165) is 17.6 Å². The van der Waals surface area contributed by atoms with Crippen LogP contribution in [0.2, 0.25) is 0 Å². The minimum atomic E-state index is 0.106. The molecule has 1 atom stereocenters. The summed E-state index contributed by atoms with van der Waals surface area (Å²) < 4.78 is 0.950. The fraction of sp³-hybridized carbons (Fsp3) is 0.462. The molecular weight excluding hydrogens is 186 g/mol. The van der Waals surface area contributed by atoms with E-state index in [1.165, 1.54) is 5.56 Å². The Bertz CT molecular complexity index is 356. The van der Waals surface area contributed by atoms with Gasteiger partial charge in [-0.25, -0.2) is 0 Å². The van der Waals surface area contributed by atoms with Crippen LogP contribution in [0.1, 0.15) is 17.9 Å². The summed E-state index contributed by atoms with van der Waals surface area (Å²) in [6.45, 7) is 1.91. The Morgan fingerprint density at radius 2 is 1.87 bits per heavy atom. The molecule has 15 heavy (non-hydrogen) atoms. The SMILES string of the molecule is C[N+]1(C)CCC(=O)C(c2ccccc2)C1. The van der Waals surface area contributed by atoms with Gasteiger partial charge in [-0.15, -0.1) is 0 Å². The molecule has 1 fully saturated rings. The summed E-state index contributed by atoms with van der Waals surface area (Å²) in [6.07, 6.45) is 0.715. The maximum atomic E-state index is 11.9. The number of Topliss-reactive ketones (excluding diaryl/α,β-unsaturated/α-hetero) is 1. The number of likely N-dealkylation sites (tertiary alicyclic amines) is 1. The third kappa shape index (κ3) is 2.26. The van der Waals surface area contributed by atoms with Crippen LogP contribution in [0, 0.1) is 0 Å². The molecule has 0 aliphatic carbocycles. The van der Waals surface area contributed by atoms with E-state index in [9.17, 15) is 4.79 Å². The number of nitrogens with zero attached hydrogens (tertiary/aromatic N) is 1. The van der Waals surface area contributed by atoms with Crippen molar-refractivity contribution in [1.29, 1.82) is 0 Å². The third-order valence-corrected chi connectivity index (χ3v) is 3.23. The van der Waals surface area contributed by atoms with Gasteiger partial charge in [-0.3, -0.25) is 4.79 Å². The molecule has 0 aromatic heterocycles. The molecule has 0 saturated carbocycles. The van der Waals surface area contributed by atoms with Crippen molar-refractivity contribution < 1.29 is 9.28 Å². The van der Waals surface area contributed by atoms with Gasteiger partial charge in [-0.05, 0) is 5.56 Å². The predicted molar refractivity (Wildman–Crippen MR) is 60.6 cm³/mol. The maximum Gasteiger partial charge on any atom is 0.151 e. The number of hydrogen-bond donors (Lipinski definition) is 0. The van der Waals surface area contributed by atoms with Gasteiger partial charge in [-0.1, -0.05) is 30.3 Å². The highest BCUT2D eigenvalue weighted by Gasteiger charge is 2.34. The molecule has 1 unspecified atom stereocenters. The molecule has 1 aromatic carbocycles. The van der Waals surface area contributed by atoms with E-state index in [0.29, 0.717) is 12.2 Å². The molecule has 0 bridgehead atoms. The van der Waals surface area contributed by atoms with Crippen molar-refractivity contribution in [2.24, 2.45) is 0 Å². The van der Waals surface area contributed by atoms with Gasteiger partial charge >= 0.3 is 0 Å². The Hall–Kier alpha value is -1.15. The molecule has 0 spiro atoms. The zero-order chi connectivity index (χ0) is 10.9. The molecule has 1 aromatic rings. The van der Waals surface area contributed by atoms with Gasteiger partial charge in [-0.2, -0.15) is 0 Å². The zero-order valence-electron chi connectivity index (χ0n) is 9.44. The summed E-state index contributed by atoms with van der Waals surface area (Å²) in [5.41, 5.74) is 1.17. The third-order valence-electron chi connectivity index (χ3n) is 3.23. The number of benzene rings is 1. The zero-order valence-corrected chi connectivity index (χ0v) is 9.44. The Morgan fingerprint density at radius 1 is 1.20 bits per heavy atom. The van der Waals surface area contributed by atoms with Crippen molar-refractivity contribution in [2.45, 2.75) is 12.3 Å². The van der Waals surface area contributed by atoms with Crippen molar-refractivity contribution >= 4 is 5.78 Å². The van der Waals surface area contributed by atoms with Gasteiger partial charge in [0.25, 0.3) is 0 Å². The lowest BCUT2D eigenvalue weighted by Crippen LogP contribution is -2.50. The Labute approximate surface area is 91.1 Å². The first-order valence-electron chi connectivity index (χ1n) is 5.48. The molecule has 0 amide bonds. The molecule has 80 valence electrons. The van der Waals surface area contributed by atoms with Crippen LogP contribution in [0.15, 0.2) is 30.3 Å². The van der Waals surface area contributed by atoms with E-state index in [4.69, 9.17) is 0 Å². The van der Waals surface area contributed by atoms with Crippen molar-refractivity contribution in [3.63, 3.8) is 0 Å².